The third-order valence-electron chi connectivity index (χ3n) is 4.01. The van der Waals surface area contributed by atoms with E-state index in [9.17, 15) is 0 Å². The van der Waals surface area contributed by atoms with Gasteiger partial charge < -0.3 is 5.32 Å². The van der Waals surface area contributed by atoms with E-state index in [1.165, 1.54) is 17.7 Å². The Bertz CT molecular complexity index is 336. The SMILES string of the molecule is CCC1(C)CN(Cc2cccs2)C(C)CCN1. The maximum absolute atomic E-state index is 3.71. The van der Waals surface area contributed by atoms with Crippen molar-refractivity contribution in [3.05, 3.63) is 22.4 Å². The highest BCUT2D eigenvalue weighted by Gasteiger charge is 2.30. The molecule has 1 fully saturated rings. The highest BCUT2D eigenvalue weighted by molar-refractivity contribution is 7.09. The Kier molecular flexibility index (Phi) is 4.23. The summed E-state index contributed by atoms with van der Waals surface area (Å²) in [6, 6.07) is 5.08. The van der Waals surface area contributed by atoms with Crippen LogP contribution in [0.2, 0.25) is 0 Å². The first-order valence-corrected chi connectivity index (χ1v) is 7.52. The molecule has 1 aromatic heterocycles. The van der Waals surface area contributed by atoms with Crippen molar-refractivity contribution in [1.82, 2.24) is 10.2 Å². The van der Waals surface area contributed by atoms with Crippen LogP contribution >= 0.6 is 11.3 Å². The Labute approximate surface area is 109 Å². The fourth-order valence-corrected chi connectivity index (χ4v) is 3.21. The van der Waals surface area contributed by atoms with Crippen molar-refractivity contribution >= 4 is 11.3 Å². The van der Waals surface area contributed by atoms with Crippen LogP contribution in [0.25, 0.3) is 0 Å². The van der Waals surface area contributed by atoms with Gasteiger partial charge in [-0.25, -0.2) is 0 Å². The standard InChI is InChI=1S/C14H24N2S/c1-4-14(3)11-16(12(2)7-8-15-14)10-13-6-5-9-17-13/h5-6,9,12,15H,4,7-8,10-11H2,1-3H3. The van der Waals surface area contributed by atoms with Gasteiger partial charge >= 0.3 is 0 Å². The lowest BCUT2D eigenvalue weighted by Gasteiger charge is -2.34. The van der Waals surface area contributed by atoms with E-state index < -0.39 is 0 Å². The molecular weight excluding hydrogens is 228 g/mol. The van der Waals surface area contributed by atoms with Crippen LogP contribution in [-0.2, 0) is 6.54 Å². The van der Waals surface area contributed by atoms with Crippen molar-refractivity contribution in [3.63, 3.8) is 0 Å². The second kappa shape index (κ2) is 5.51. The number of hydrogen-bond acceptors (Lipinski definition) is 3. The molecule has 96 valence electrons. The van der Waals surface area contributed by atoms with Gasteiger partial charge in [0.1, 0.15) is 0 Å². The summed E-state index contributed by atoms with van der Waals surface area (Å²) in [7, 11) is 0. The smallest absolute Gasteiger partial charge is 0.0331 e. The highest BCUT2D eigenvalue weighted by atomic mass is 32.1. The maximum atomic E-state index is 3.71. The Balaban J connectivity index is 2.06. The summed E-state index contributed by atoms with van der Waals surface area (Å²) in [6.07, 6.45) is 2.45. The van der Waals surface area contributed by atoms with Crippen molar-refractivity contribution in [2.24, 2.45) is 0 Å². The first-order chi connectivity index (χ1) is 8.13. The molecule has 2 heterocycles. The second-order valence-electron chi connectivity index (χ2n) is 5.46. The van der Waals surface area contributed by atoms with E-state index >= 15 is 0 Å². The number of hydrogen-bond donors (Lipinski definition) is 1. The number of nitrogens with zero attached hydrogens (tertiary/aromatic N) is 1. The monoisotopic (exact) mass is 252 g/mol. The minimum atomic E-state index is 0.280. The Morgan fingerprint density at radius 3 is 3.06 bits per heavy atom. The fraction of sp³-hybridized carbons (Fsp3) is 0.714. The van der Waals surface area contributed by atoms with Gasteiger partial charge in [0.2, 0.25) is 0 Å². The van der Waals surface area contributed by atoms with E-state index in [1.54, 1.807) is 0 Å². The van der Waals surface area contributed by atoms with Gasteiger partial charge in [-0.3, -0.25) is 4.90 Å². The lowest BCUT2D eigenvalue weighted by atomic mass is 9.98. The highest BCUT2D eigenvalue weighted by Crippen LogP contribution is 2.22. The Morgan fingerprint density at radius 1 is 1.59 bits per heavy atom. The Morgan fingerprint density at radius 2 is 2.41 bits per heavy atom. The molecule has 0 spiro atoms. The van der Waals surface area contributed by atoms with Gasteiger partial charge in [-0.05, 0) is 44.7 Å². The summed E-state index contributed by atoms with van der Waals surface area (Å²) in [5, 5.41) is 5.89. The zero-order valence-electron chi connectivity index (χ0n) is 11.2. The average Bonchev–Trinajstić information content (AvgIpc) is 2.76. The number of rotatable bonds is 3. The molecule has 2 nitrogen and oxygen atoms in total. The summed E-state index contributed by atoms with van der Waals surface area (Å²) in [6.45, 7) is 10.4. The number of thiophene rings is 1. The molecule has 3 heteroatoms. The summed E-state index contributed by atoms with van der Waals surface area (Å²) in [5.74, 6) is 0. The van der Waals surface area contributed by atoms with E-state index in [2.05, 4.69) is 48.5 Å². The molecular formula is C14H24N2S. The van der Waals surface area contributed by atoms with Crippen molar-refractivity contribution in [2.45, 2.75) is 51.7 Å². The summed E-state index contributed by atoms with van der Waals surface area (Å²) >= 11 is 1.87. The summed E-state index contributed by atoms with van der Waals surface area (Å²) in [5.41, 5.74) is 0.280. The predicted molar refractivity (Wildman–Crippen MR) is 75.5 cm³/mol. The molecule has 1 aliphatic heterocycles. The fourth-order valence-electron chi connectivity index (χ4n) is 2.48. The maximum Gasteiger partial charge on any atom is 0.0331 e. The molecule has 17 heavy (non-hydrogen) atoms. The molecule has 1 saturated heterocycles. The van der Waals surface area contributed by atoms with Crippen LogP contribution in [-0.4, -0.2) is 29.6 Å². The van der Waals surface area contributed by atoms with E-state index in [1.807, 2.05) is 11.3 Å². The van der Waals surface area contributed by atoms with Gasteiger partial charge in [-0.1, -0.05) is 13.0 Å². The van der Waals surface area contributed by atoms with Crippen molar-refractivity contribution < 1.29 is 0 Å². The van der Waals surface area contributed by atoms with Crippen LogP contribution in [0.1, 0.15) is 38.5 Å². The van der Waals surface area contributed by atoms with Crippen LogP contribution in [0.15, 0.2) is 17.5 Å². The first kappa shape index (κ1) is 13.1. The molecule has 2 rings (SSSR count). The quantitative estimate of drug-likeness (QED) is 0.889. The third kappa shape index (κ3) is 3.30. The largest absolute Gasteiger partial charge is 0.310 e. The van der Waals surface area contributed by atoms with Crippen molar-refractivity contribution in [2.75, 3.05) is 13.1 Å². The van der Waals surface area contributed by atoms with Crippen LogP contribution in [0.5, 0.6) is 0 Å². The molecule has 0 aromatic carbocycles. The summed E-state index contributed by atoms with van der Waals surface area (Å²) < 4.78 is 0. The van der Waals surface area contributed by atoms with Gasteiger partial charge in [0.25, 0.3) is 0 Å². The van der Waals surface area contributed by atoms with Gasteiger partial charge in [0.15, 0.2) is 0 Å². The van der Waals surface area contributed by atoms with Crippen LogP contribution in [0.4, 0.5) is 0 Å². The molecule has 0 aliphatic carbocycles. The van der Waals surface area contributed by atoms with Crippen LogP contribution in [0.3, 0.4) is 0 Å². The minimum absolute atomic E-state index is 0.280. The summed E-state index contributed by atoms with van der Waals surface area (Å²) in [4.78, 5) is 4.12. The molecule has 0 amide bonds. The molecule has 0 radical (unpaired) electrons. The molecule has 1 aromatic rings. The van der Waals surface area contributed by atoms with Gasteiger partial charge in [0.05, 0.1) is 0 Å². The van der Waals surface area contributed by atoms with Gasteiger partial charge in [-0.2, -0.15) is 0 Å². The lowest BCUT2D eigenvalue weighted by molar-refractivity contribution is 0.165. The van der Waals surface area contributed by atoms with E-state index in [0.717, 1.165) is 19.6 Å². The average molecular weight is 252 g/mol. The van der Waals surface area contributed by atoms with Crippen molar-refractivity contribution in [1.29, 1.82) is 0 Å². The molecule has 0 saturated carbocycles. The van der Waals surface area contributed by atoms with E-state index in [0.29, 0.717) is 6.04 Å². The van der Waals surface area contributed by atoms with E-state index in [4.69, 9.17) is 0 Å². The molecule has 2 unspecified atom stereocenters. The zero-order chi connectivity index (χ0) is 12.3. The predicted octanol–water partition coefficient (Wildman–Crippen LogP) is 3.10. The normalized spacial score (nSPS) is 31.4. The molecule has 0 bridgehead atoms. The van der Waals surface area contributed by atoms with Gasteiger partial charge in [-0.15, -0.1) is 11.3 Å². The molecule has 2 atom stereocenters. The number of nitrogens with one attached hydrogen (secondary N) is 1. The van der Waals surface area contributed by atoms with Crippen molar-refractivity contribution in [3.8, 4) is 0 Å². The minimum Gasteiger partial charge on any atom is -0.310 e. The third-order valence-corrected chi connectivity index (χ3v) is 4.87. The second-order valence-corrected chi connectivity index (χ2v) is 6.50. The Hall–Kier alpha value is -0.380. The molecule has 1 N–H and O–H groups in total. The van der Waals surface area contributed by atoms with Gasteiger partial charge in [0, 0.05) is 29.5 Å². The topological polar surface area (TPSA) is 15.3 Å². The van der Waals surface area contributed by atoms with E-state index in [-0.39, 0.29) is 5.54 Å². The zero-order valence-corrected chi connectivity index (χ0v) is 12.0. The molecule has 1 aliphatic rings. The van der Waals surface area contributed by atoms with Crippen LogP contribution < -0.4 is 5.32 Å². The first-order valence-electron chi connectivity index (χ1n) is 6.64. The van der Waals surface area contributed by atoms with Crippen LogP contribution in [0, 0.1) is 0 Å². The lowest BCUT2D eigenvalue weighted by Crippen LogP contribution is -2.49.